The molecule has 0 saturated heterocycles. The van der Waals surface area contributed by atoms with Crippen LogP contribution in [0.1, 0.15) is 36.2 Å². The first-order chi connectivity index (χ1) is 17.4. The Morgan fingerprint density at radius 1 is 0.917 bits per heavy atom. The third-order valence-corrected chi connectivity index (χ3v) is 6.42. The van der Waals surface area contributed by atoms with Crippen molar-refractivity contribution in [1.29, 1.82) is 0 Å². The van der Waals surface area contributed by atoms with Crippen molar-refractivity contribution >= 4 is 33.3 Å². The Morgan fingerprint density at radius 2 is 1.69 bits per heavy atom. The molecule has 0 aliphatic rings. The average molecular weight is 478 g/mol. The van der Waals surface area contributed by atoms with Gasteiger partial charge in [0.25, 0.3) is 5.91 Å². The number of anilines is 1. The zero-order valence-electron chi connectivity index (χ0n) is 20.2. The highest BCUT2D eigenvalue weighted by Gasteiger charge is 2.18. The van der Waals surface area contributed by atoms with Gasteiger partial charge in [0.05, 0.1) is 5.39 Å². The first-order valence-corrected chi connectivity index (χ1v) is 12.1. The average Bonchev–Trinajstić information content (AvgIpc) is 2.89. The van der Waals surface area contributed by atoms with E-state index in [4.69, 9.17) is 4.42 Å². The number of carbonyl (C=O) groups excluding carboxylic acids is 1. The lowest BCUT2D eigenvalue weighted by Crippen LogP contribution is -2.18. The van der Waals surface area contributed by atoms with Gasteiger partial charge in [-0.05, 0) is 70.5 Å². The van der Waals surface area contributed by atoms with Crippen LogP contribution in [0.3, 0.4) is 0 Å². The van der Waals surface area contributed by atoms with Gasteiger partial charge < -0.3 is 14.8 Å². The van der Waals surface area contributed by atoms with E-state index in [-0.39, 0.29) is 17.0 Å². The summed E-state index contributed by atoms with van der Waals surface area (Å²) in [6, 6.07) is 26.7. The largest absolute Gasteiger partial charge is 0.505 e. The number of fused-ring (bicyclic) bond motifs is 2. The maximum absolute atomic E-state index is 12.9. The number of aryl methyl sites for hydroxylation is 1. The molecule has 1 aromatic heterocycles. The van der Waals surface area contributed by atoms with E-state index in [0.717, 1.165) is 40.3 Å². The van der Waals surface area contributed by atoms with E-state index in [0.29, 0.717) is 16.9 Å². The number of carbonyl (C=O) groups is 1. The third kappa shape index (κ3) is 4.60. The second-order valence-corrected chi connectivity index (χ2v) is 9.44. The molecule has 0 aliphatic carbocycles. The van der Waals surface area contributed by atoms with Crippen molar-refractivity contribution in [1.82, 2.24) is 0 Å². The van der Waals surface area contributed by atoms with Gasteiger partial charge in [0.2, 0.25) is 0 Å². The molecule has 5 aromatic rings. The van der Waals surface area contributed by atoms with Crippen LogP contribution in [0.15, 0.2) is 94.1 Å². The summed E-state index contributed by atoms with van der Waals surface area (Å²) in [7, 11) is 0. The van der Waals surface area contributed by atoms with E-state index in [1.54, 1.807) is 18.2 Å². The van der Waals surface area contributed by atoms with Crippen molar-refractivity contribution in [2.24, 2.45) is 5.92 Å². The fraction of sp³-hybridized carbons (Fsp3) is 0.161. The molecular weight excluding hydrogens is 450 g/mol. The SMILES string of the molecule is CC(C)CCc1cccc(C(=O)Nc2c(O)c3ccc(-c4cccc5ccccc45)cc3oc2=O)c1. The number of rotatable bonds is 6. The van der Waals surface area contributed by atoms with Crippen molar-refractivity contribution in [3.05, 3.63) is 106 Å². The summed E-state index contributed by atoms with van der Waals surface area (Å²) < 4.78 is 5.54. The van der Waals surface area contributed by atoms with Crippen LogP contribution in [0.5, 0.6) is 5.75 Å². The van der Waals surface area contributed by atoms with Crippen molar-refractivity contribution < 1.29 is 14.3 Å². The summed E-state index contributed by atoms with van der Waals surface area (Å²) in [5.74, 6) is -0.228. The Bertz CT molecular complexity index is 1640. The highest BCUT2D eigenvalue weighted by atomic mass is 16.4. The van der Waals surface area contributed by atoms with Gasteiger partial charge in [0, 0.05) is 5.56 Å². The number of amides is 1. The monoisotopic (exact) mass is 477 g/mol. The first-order valence-electron chi connectivity index (χ1n) is 12.1. The van der Waals surface area contributed by atoms with E-state index in [9.17, 15) is 14.7 Å². The molecule has 0 aliphatic heterocycles. The van der Waals surface area contributed by atoms with Crippen LogP contribution in [0, 0.1) is 5.92 Å². The number of hydrogen-bond donors (Lipinski definition) is 2. The molecule has 0 radical (unpaired) electrons. The Labute approximate surface area is 209 Å². The minimum atomic E-state index is -0.806. The van der Waals surface area contributed by atoms with Gasteiger partial charge in [-0.25, -0.2) is 4.79 Å². The van der Waals surface area contributed by atoms with E-state index < -0.39 is 11.5 Å². The highest BCUT2D eigenvalue weighted by molar-refractivity contribution is 6.07. The number of aromatic hydroxyl groups is 1. The van der Waals surface area contributed by atoms with Crippen molar-refractivity contribution in [2.45, 2.75) is 26.7 Å². The van der Waals surface area contributed by atoms with Gasteiger partial charge in [-0.3, -0.25) is 4.79 Å². The predicted molar refractivity (Wildman–Crippen MR) is 145 cm³/mol. The molecule has 0 spiro atoms. The summed E-state index contributed by atoms with van der Waals surface area (Å²) in [4.78, 5) is 25.7. The molecule has 5 rings (SSSR count). The van der Waals surface area contributed by atoms with Gasteiger partial charge in [-0.2, -0.15) is 0 Å². The van der Waals surface area contributed by atoms with Gasteiger partial charge in [-0.1, -0.05) is 74.5 Å². The summed E-state index contributed by atoms with van der Waals surface area (Å²) in [6.45, 7) is 4.31. The first kappa shape index (κ1) is 23.4. The maximum atomic E-state index is 12.9. The van der Waals surface area contributed by atoms with Crippen LogP contribution in [0.4, 0.5) is 5.69 Å². The fourth-order valence-electron chi connectivity index (χ4n) is 4.45. The molecule has 36 heavy (non-hydrogen) atoms. The summed E-state index contributed by atoms with van der Waals surface area (Å²) in [5, 5.41) is 16.0. The Morgan fingerprint density at radius 3 is 2.53 bits per heavy atom. The smallest absolute Gasteiger partial charge is 0.364 e. The van der Waals surface area contributed by atoms with Crippen molar-refractivity contribution in [2.75, 3.05) is 5.32 Å². The molecule has 0 unspecified atom stereocenters. The second kappa shape index (κ2) is 9.70. The topological polar surface area (TPSA) is 79.5 Å². The lowest BCUT2D eigenvalue weighted by molar-refractivity contribution is 0.102. The molecular formula is C31H27NO4. The minimum Gasteiger partial charge on any atom is -0.505 e. The molecule has 5 heteroatoms. The fourth-order valence-corrected chi connectivity index (χ4v) is 4.45. The molecule has 0 bridgehead atoms. The third-order valence-electron chi connectivity index (χ3n) is 6.42. The zero-order valence-corrected chi connectivity index (χ0v) is 20.2. The summed E-state index contributed by atoms with van der Waals surface area (Å²) in [5.41, 5.74) is 2.49. The number of nitrogens with one attached hydrogen (secondary N) is 1. The lowest BCUT2D eigenvalue weighted by Gasteiger charge is -2.11. The quantitative estimate of drug-likeness (QED) is 0.254. The Balaban J connectivity index is 1.47. The van der Waals surface area contributed by atoms with Crippen LogP contribution in [-0.2, 0) is 6.42 Å². The number of benzene rings is 4. The highest BCUT2D eigenvalue weighted by Crippen LogP contribution is 2.35. The minimum absolute atomic E-state index is 0.247. The lowest BCUT2D eigenvalue weighted by atomic mass is 9.97. The van der Waals surface area contributed by atoms with Crippen LogP contribution >= 0.6 is 0 Å². The van der Waals surface area contributed by atoms with Crippen LogP contribution < -0.4 is 10.9 Å². The van der Waals surface area contributed by atoms with Gasteiger partial charge in [-0.15, -0.1) is 0 Å². The standard InChI is InChI=1S/C31H27NO4/c1-19(2)13-14-20-7-5-10-23(17-20)30(34)32-28-29(33)26-16-15-22(18-27(26)36-31(28)35)25-12-6-9-21-8-3-4-11-24(21)25/h3-12,15-19,33H,13-14H2,1-2H3,(H,32,34). The molecule has 1 amide bonds. The zero-order chi connectivity index (χ0) is 25.2. The van der Waals surface area contributed by atoms with Crippen molar-refractivity contribution in [3.8, 4) is 16.9 Å². The van der Waals surface area contributed by atoms with Crippen LogP contribution in [-0.4, -0.2) is 11.0 Å². The van der Waals surface area contributed by atoms with E-state index >= 15 is 0 Å². The van der Waals surface area contributed by atoms with Gasteiger partial charge in [0.15, 0.2) is 11.4 Å². The molecule has 4 aromatic carbocycles. The summed E-state index contributed by atoms with van der Waals surface area (Å²) >= 11 is 0. The van der Waals surface area contributed by atoms with Crippen LogP contribution in [0.25, 0.3) is 32.9 Å². The normalized spacial score (nSPS) is 11.3. The second-order valence-electron chi connectivity index (χ2n) is 9.44. The molecule has 1 heterocycles. The van der Waals surface area contributed by atoms with Gasteiger partial charge >= 0.3 is 5.63 Å². The molecule has 2 N–H and O–H groups in total. The van der Waals surface area contributed by atoms with Gasteiger partial charge in [0.1, 0.15) is 5.58 Å². The van der Waals surface area contributed by atoms with Crippen molar-refractivity contribution in [3.63, 3.8) is 0 Å². The van der Waals surface area contributed by atoms with E-state index in [1.165, 1.54) is 0 Å². The molecule has 0 atom stereocenters. The molecule has 180 valence electrons. The van der Waals surface area contributed by atoms with E-state index in [1.807, 2.05) is 66.7 Å². The van der Waals surface area contributed by atoms with E-state index in [2.05, 4.69) is 19.2 Å². The maximum Gasteiger partial charge on any atom is 0.364 e. The molecule has 5 nitrogen and oxygen atoms in total. The Kier molecular flexibility index (Phi) is 6.30. The van der Waals surface area contributed by atoms with Crippen LogP contribution in [0.2, 0.25) is 0 Å². The molecule has 0 fully saturated rings. The molecule has 0 saturated carbocycles. The summed E-state index contributed by atoms with van der Waals surface area (Å²) in [6.07, 6.45) is 1.88. The number of hydrogen-bond acceptors (Lipinski definition) is 4. The predicted octanol–water partition coefficient (Wildman–Crippen LogP) is 7.16. The Hall–Kier alpha value is -4.38.